The van der Waals surface area contributed by atoms with Crippen molar-refractivity contribution < 1.29 is 4.79 Å². The van der Waals surface area contributed by atoms with Gasteiger partial charge in [0.1, 0.15) is 0 Å². The quantitative estimate of drug-likeness (QED) is 0.736. The fourth-order valence-electron chi connectivity index (χ4n) is 3.04. The first-order valence-electron chi connectivity index (χ1n) is 8.66. The molecule has 6 nitrogen and oxygen atoms in total. The Morgan fingerprint density at radius 2 is 2.21 bits per heavy atom. The van der Waals surface area contributed by atoms with Crippen molar-refractivity contribution >= 4 is 11.7 Å². The van der Waals surface area contributed by atoms with Crippen molar-refractivity contribution in [2.45, 2.75) is 51.7 Å². The highest BCUT2D eigenvalue weighted by atomic mass is 16.2. The first-order valence-corrected chi connectivity index (χ1v) is 8.66. The van der Waals surface area contributed by atoms with Gasteiger partial charge in [-0.15, -0.1) is 0 Å². The average Bonchev–Trinajstić information content (AvgIpc) is 3.49. The predicted molar refractivity (Wildman–Crippen MR) is 91.6 cm³/mol. The Kier molecular flexibility index (Phi) is 3.75. The van der Waals surface area contributed by atoms with Crippen molar-refractivity contribution in [1.82, 2.24) is 19.6 Å². The lowest BCUT2D eigenvalue weighted by Crippen LogP contribution is -2.30. The van der Waals surface area contributed by atoms with Gasteiger partial charge in [-0.2, -0.15) is 10.2 Å². The highest BCUT2D eigenvalue weighted by molar-refractivity contribution is 6.00. The van der Waals surface area contributed by atoms with Crippen LogP contribution in [0.4, 0.5) is 5.82 Å². The summed E-state index contributed by atoms with van der Waals surface area (Å²) in [5.74, 6) is 1.31. The minimum Gasteiger partial charge on any atom is -0.286 e. The van der Waals surface area contributed by atoms with Crippen LogP contribution in [0.1, 0.15) is 43.1 Å². The topological polar surface area (TPSA) is 56.0 Å². The van der Waals surface area contributed by atoms with E-state index < -0.39 is 0 Å². The maximum atomic E-state index is 12.4. The zero-order valence-electron chi connectivity index (χ0n) is 14.1. The maximum absolute atomic E-state index is 12.4. The zero-order chi connectivity index (χ0) is 16.7. The van der Waals surface area contributed by atoms with Gasteiger partial charge in [0.2, 0.25) is 0 Å². The molecule has 0 unspecified atom stereocenters. The van der Waals surface area contributed by atoms with E-state index in [0.29, 0.717) is 18.4 Å². The van der Waals surface area contributed by atoms with Crippen molar-refractivity contribution in [3.05, 3.63) is 42.4 Å². The summed E-state index contributed by atoms with van der Waals surface area (Å²) in [6.45, 7) is 7.10. The molecule has 4 rings (SSSR count). The van der Waals surface area contributed by atoms with E-state index in [1.807, 2.05) is 34.6 Å². The van der Waals surface area contributed by atoms with Crippen molar-refractivity contribution in [2.75, 3.05) is 4.90 Å². The van der Waals surface area contributed by atoms with E-state index in [9.17, 15) is 4.79 Å². The molecule has 0 bridgehead atoms. The highest BCUT2D eigenvalue weighted by Gasteiger charge is 2.28. The minimum atomic E-state index is -0.130. The number of amides is 1. The molecule has 2 fully saturated rings. The molecule has 0 atom stereocenters. The van der Waals surface area contributed by atoms with Crippen LogP contribution in [0.15, 0.2) is 31.0 Å². The second-order valence-corrected chi connectivity index (χ2v) is 6.90. The lowest BCUT2D eigenvalue weighted by atomic mass is 10.3. The molecule has 2 aromatic rings. The molecule has 2 aromatic heterocycles. The Hall–Kier alpha value is -2.37. The summed E-state index contributed by atoms with van der Waals surface area (Å²) < 4.78 is 4.06. The summed E-state index contributed by atoms with van der Waals surface area (Å²) in [5.41, 5.74) is 2.14. The number of aromatic nitrogens is 4. The molecule has 0 radical (unpaired) electrons. The predicted octanol–water partition coefficient (Wildman–Crippen LogP) is 2.85. The van der Waals surface area contributed by atoms with Crippen LogP contribution in [-0.2, 0) is 17.9 Å². The molecular formula is C18H23N5O. The van der Waals surface area contributed by atoms with Crippen LogP contribution >= 0.6 is 0 Å². The lowest BCUT2D eigenvalue weighted by molar-refractivity contribution is -0.114. The molecule has 0 saturated heterocycles. The number of carbonyl (C=O) groups is 1. The Labute approximate surface area is 141 Å². The number of hydrogen-bond acceptors (Lipinski definition) is 3. The zero-order valence-corrected chi connectivity index (χ0v) is 14.1. The van der Waals surface area contributed by atoms with Gasteiger partial charge in [-0.1, -0.05) is 6.58 Å². The Morgan fingerprint density at radius 3 is 2.88 bits per heavy atom. The van der Waals surface area contributed by atoms with Crippen molar-refractivity contribution in [3.8, 4) is 0 Å². The van der Waals surface area contributed by atoms with E-state index >= 15 is 0 Å². The maximum Gasteiger partial charge on any atom is 0.251 e. The number of anilines is 1. The Bertz CT molecular complexity index is 766. The van der Waals surface area contributed by atoms with Gasteiger partial charge in [-0.3, -0.25) is 19.1 Å². The first-order chi connectivity index (χ1) is 11.7. The second kappa shape index (κ2) is 5.92. The molecule has 0 aromatic carbocycles. The molecule has 1 amide bonds. The van der Waals surface area contributed by atoms with Gasteiger partial charge >= 0.3 is 0 Å². The monoisotopic (exact) mass is 325 g/mol. The van der Waals surface area contributed by atoms with Gasteiger partial charge < -0.3 is 0 Å². The summed E-state index contributed by atoms with van der Waals surface area (Å²) in [7, 11) is 0. The summed E-state index contributed by atoms with van der Waals surface area (Å²) in [6.07, 6.45) is 8.06. The van der Waals surface area contributed by atoms with E-state index in [2.05, 4.69) is 16.8 Å². The van der Waals surface area contributed by atoms with Crippen molar-refractivity contribution in [2.24, 2.45) is 5.92 Å². The normalized spacial score (nSPS) is 17.0. The van der Waals surface area contributed by atoms with Gasteiger partial charge in [0.25, 0.3) is 5.91 Å². The summed E-state index contributed by atoms with van der Waals surface area (Å²) in [5, 5.41) is 9.09. The number of nitrogens with zero attached hydrogens (tertiary/aromatic N) is 5. The standard InChI is InChI=1S/C18H23N5O/c1-3-18(24)21(17-10-13(2)23(20-17)15-6-7-15)12-16-8-9-19-22(16)11-14-4-5-14/h3,8-10,14-15H,1,4-7,11-12H2,2H3. The largest absolute Gasteiger partial charge is 0.286 e. The molecular weight excluding hydrogens is 302 g/mol. The smallest absolute Gasteiger partial charge is 0.251 e. The molecule has 0 N–H and O–H groups in total. The van der Waals surface area contributed by atoms with Crippen LogP contribution in [0.25, 0.3) is 0 Å². The Balaban J connectivity index is 1.60. The average molecular weight is 325 g/mol. The second-order valence-electron chi connectivity index (χ2n) is 6.90. The van der Waals surface area contributed by atoms with Gasteiger partial charge in [0.15, 0.2) is 5.82 Å². The molecule has 0 aliphatic heterocycles. The molecule has 2 saturated carbocycles. The fraction of sp³-hybridized carbons (Fsp3) is 0.500. The van der Waals surface area contributed by atoms with Gasteiger partial charge in [0.05, 0.1) is 18.3 Å². The number of hydrogen-bond donors (Lipinski definition) is 0. The Morgan fingerprint density at radius 1 is 1.42 bits per heavy atom. The third kappa shape index (κ3) is 3.00. The molecule has 0 spiro atoms. The number of carbonyl (C=O) groups excluding carboxylic acids is 1. The van der Waals surface area contributed by atoms with Crippen LogP contribution in [0.5, 0.6) is 0 Å². The third-order valence-corrected chi connectivity index (χ3v) is 4.77. The summed E-state index contributed by atoms with van der Waals surface area (Å²) in [6, 6.07) is 4.47. The third-order valence-electron chi connectivity index (χ3n) is 4.77. The highest BCUT2D eigenvalue weighted by Crippen LogP contribution is 2.36. The van der Waals surface area contributed by atoms with E-state index in [1.54, 1.807) is 4.90 Å². The summed E-state index contributed by atoms with van der Waals surface area (Å²) >= 11 is 0. The van der Waals surface area contributed by atoms with Crippen LogP contribution in [0.3, 0.4) is 0 Å². The van der Waals surface area contributed by atoms with E-state index in [4.69, 9.17) is 0 Å². The molecule has 2 aliphatic carbocycles. The molecule has 6 heteroatoms. The van der Waals surface area contributed by atoms with Crippen LogP contribution in [-0.4, -0.2) is 25.5 Å². The van der Waals surface area contributed by atoms with Gasteiger partial charge in [0, 0.05) is 24.5 Å². The molecule has 126 valence electrons. The number of rotatable bonds is 7. The molecule has 24 heavy (non-hydrogen) atoms. The fourth-order valence-corrected chi connectivity index (χ4v) is 3.04. The van der Waals surface area contributed by atoms with Gasteiger partial charge in [-0.05, 0) is 50.7 Å². The number of aryl methyl sites for hydroxylation is 1. The van der Waals surface area contributed by atoms with Crippen LogP contribution < -0.4 is 4.90 Å². The van der Waals surface area contributed by atoms with E-state index in [-0.39, 0.29) is 5.91 Å². The van der Waals surface area contributed by atoms with E-state index in [0.717, 1.165) is 23.9 Å². The van der Waals surface area contributed by atoms with Crippen LogP contribution in [0, 0.1) is 12.8 Å². The summed E-state index contributed by atoms with van der Waals surface area (Å²) in [4.78, 5) is 14.1. The lowest BCUT2D eigenvalue weighted by Gasteiger charge is -2.19. The molecule has 2 heterocycles. The van der Waals surface area contributed by atoms with Crippen molar-refractivity contribution in [1.29, 1.82) is 0 Å². The first kappa shape index (κ1) is 15.2. The van der Waals surface area contributed by atoms with E-state index in [1.165, 1.54) is 31.8 Å². The molecule has 2 aliphatic rings. The van der Waals surface area contributed by atoms with Crippen LogP contribution in [0.2, 0.25) is 0 Å². The van der Waals surface area contributed by atoms with Gasteiger partial charge in [-0.25, -0.2) is 0 Å². The van der Waals surface area contributed by atoms with Crippen molar-refractivity contribution in [3.63, 3.8) is 0 Å². The minimum absolute atomic E-state index is 0.130. The SMILES string of the molecule is C=CC(=O)N(Cc1ccnn1CC1CC1)c1cc(C)n(C2CC2)n1.